The average Bonchev–Trinajstić information content (AvgIpc) is 0.811. The van der Waals surface area contributed by atoms with Crippen LogP contribution in [0.25, 0.3) is 0 Å². The standard InChI is InChI=1S/CH2BO2/c2-1(3)4/h2H2. The number of hydrogen-bond acceptors (Lipinski definition) is 1. The Hall–Kier alpha value is -0.465. The Bertz CT molecular complexity index is 29.0. The summed E-state index contributed by atoms with van der Waals surface area (Å²) in [5.41, 5.74) is 0. The van der Waals surface area contributed by atoms with Crippen LogP contribution in [0.5, 0.6) is 0 Å². The lowest BCUT2D eigenvalue weighted by atomic mass is 10.2. The van der Waals surface area contributed by atoms with E-state index in [0.29, 0.717) is 0 Å². The van der Waals surface area contributed by atoms with E-state index < -0.39 is 5.87 Å². The van der Waals surface area contributed by atoms with Gasteiger partial charge in [-0.3, -0.25) is 9.90 Å². The van der Waals surface area contributed by atoms with E-state index in [1.54, 1.807) is 0 Å². The van der Waals surface area contributed by atoms with Gasteiger partial charge in [0.2, 0.25) is 7.85 Å². The van der Waals surface area contributed by atoms with Crippen molar-refractivity contribution < 1.29 is 9.90 Å². The minimum atomic E-state index is -1.08. The molecule has 0 aromatic carbocycles. The van der Waals surface area contributed by atoms with E-state index >= 15 is 0 Å². The quantitative estimate of drug-likeness (QED) is 0.334. The highest BCUT2D eigenvalue weighted by Crippen LogP contribution is 1.44. The third kappa shape index (κ3) is 2.03. The molecule has 0 rings (SSSR count). The molecule has 0 aromatic heterocycles. The number of rotatable bonds is 0. The molecule has 0 aromatic rings. The van der Waals surface area contributed by atoms with E-state index in [1.807, 2.05) is 0 Å². The molecule has 0 saturated carbocycles. The molecule has 0 fully saturated rings. The Labute approximate surface area is 24.8 Å². The van der Waals surface area contributed by atoms with Gasteiger partial charge in [0.25, 0.3) is 5.87 Å². The summed E-state index contributed by atoms with van der Waals surface area (Å²) >= 11 is 0. The number of carbonyl (C=O) groups excluding carboxylic acids is 1. The fourth-order valence-corrected chi connectivity index (χ4v) is 0. The van der Waals surface area contributed by atoms with Crippen LogP contribution >= 0.6 is 0 Å². The van der Waals surface area contributed by atoms with Gasteiger partial charge in [-0.25, -0.2) is 0 Å². The van der Waals surface area contributed by atoms with Crippen molar-refractivity contribution in [3.8, 4) is 0 Å². The Morgan fingerprint density at radius 2 is 1.75 bits per heavy atom. The van der Waals surface area contributed by atoms with Crippen molar-refractivity contribution in [1.29, 1.82) is 0 Å². The maximum absolute atomic E-state index is 8.89. The van der Waals surface area contributed by atoms with Gasteiger partial charge in [0.15, 0.2) is 0 Å². The molecule has 0 unspecified atom stereocenters. The first-order valence-corrected chi connectivity index (χ1v) is 0.908. The minimum Gasteiger partial charge on any atom is -0.262 e. The third-order valence-corrected chi connectivity index (χ3v) is 0. The van der Waals surface area contributed by atoms with E-state index in [4.69, 9.17) is 9.90 Å². The van der Waals surface area contributed by atoms with Crippen molar-refractivity contribution in [3.05, 3.63) is 0 Å². The summed E-state index contributed by atoms with van der Waals surface area (Å²) in [6.45, 7) is 0. The van der Waals surface area contributed by atoms with Crippen molar-refractivity contribution in [1.82, 2.24) is 0 Å². The largest absolute Gasteiger partial charge is 0.295 e. The fraction of sp³-hybridized carbons (Fsp3) is 0. The van der Waals surface area contributed by atoms with Crippen LogP contribution in [0.4, 0.5) is 4.79 Å². The topological polar surface area (TPSA) is 37.0 Å². The van der Waals surface area contributed by atoms with Gasteiger partial charge in [-0.2, -0.15) is 0 Å². The summed E-state index contributed by atoms with van der Waals surface area (Å²) in [6.07, 6.45) is 0. The third-order valence-electron chi connectivity index (χ3n) is 0. The molecule has 1 radical (unpaired) electrons. The zero-order chi connectivity index (χ0) is 3.58. The molecule has 0 aliphatic rings. The van der Waals surface area contributed by atoms with Crippen molar-refractivity contribution in [2.24, 2.45) is 0 Å². The maximum atomic E-state index is 8.89. The minimum absolute atomic E-state index is 0.972. The molecule has 21 valence electrons. The second-order valence-corrected chi connectivity index (χ2v) is 0.492. The van der Waals surface area contributed by atoms with Gasteiger partial charge in [0.1, 0.15) is 0 Å². The highest BCUT2D eigenvalue weighted by atomic mass is 16.4. The summed E-state index contributed by atoms with van der Waals surface area (Å²) < 4.78 is 0. The summed E-state index contributed by atoms with van der Waals surface area (Å²) in [6, 6.07) is 0. The fourth-order valence-electron chi connectivity index (χ4n) is 0. The second kappa shape index (κ2) is 0.929. The van der Waals surface area contributed by atoms with Crippen LogP contribution in [0.3, 0.4) is 0 Å². The Morgan fingerprint density at radius 1 is 1.75 bits per heavy atom. The van der Waals surface area contributed by atoms with E-state index in [1.165, 1.54) is 0 Å². The van der Waals surface area contributed by atoms with E-state index in [0.717, 1.165) is 7.85 Å². The zero-order valence-electron chi connectivity index (χ0n) is 2.32. The monoisotopic (exact) mass is 57.0 g/mol. The first kappa shape index (κ1) is 3.53. The zero-order valence-corrected chi connectivity index (χ0v) is 2.32. The van der Waals surface area contributed by atoms with Gasteiger partial charge >= 0.3 is 0 Å². The van der Waals surface area contributed by atoms with E-state index in [9.17, 15) is 0 Å². The SMILES string of the molecule is BC([O])=O. The van der Waals surface area contributed by atoms with Crippen LogP contribution in [0.15, 0.2) is 0 Å². The van der Waals surface area contributed by atoms with Crippen molar-refractivity contribution in [2.45, 2.75) is 0 Å². The molecule has 0 atom stereocenters. The van der Waals surface area contributed by atoms with Gasteiger partial charge in [0, 0.05) is 0 Å². The summed E-state index contributed by atoms with van der Waals surface area (Å²) in [4.78, 5) is 8.89. The second-order valence-electron chi connectivity index (χ2n) is 0.492. The van der Waals surface area contributed by atoms with Crippen LogP contribution < -0.4 is 0 Å². The van der Waals surface area contributed by atoms with Crippen LogP contribution in [-0.4, -0.2) is 13.7 Å². The summed E-state index contributed by atoms with van der Waals surface area (Å²) in [5.74, 6) is -1.08. The molecule has 0 spiro atoms. The predicted octanol–water partition coefficient (Wildman–Crippen LogP) is -0.830. The molecule has 0 aliphatic heterocycles. The van der Waals surface area contributed by atoms with Gasteiger partial charge < -0.3 is 0 Å². The average molecular weight is 56.8 g/mol. The van der Waals surface area contributed by atoms with Gasteiger partial charge in [-0.05, 0) is 0 Å². The molecule has 0 saturated heterocycles. The lowest BCUT2D eigenvalue weighted by Crippen LogP contribution is -1.80. The van der Waals surface area contributed by atoms with Crippen molar-refractivity contribution in [3.63, 3.8) is 0 Å². The van der Waals surface area contributed by atoms with Gasteiger partial charge in [0.05, 0.1) is 0 Å². The van der Waals surface area contributed by atoms with Crippen LogP contribution in [0.2, 0.25) is 0 Å². The normalized spacial score (nSPS) is 6.00. The van der Waals surface area contributed by atoms with Crippen molar-refractivity contribution >= 4 is 13.7 Å². The molecular weight excluding hydrogens is 54.8 g/mol. The predicted molar refractivity (Wildman–Crippen MR) is 14.6 cm³/mol. The first-order valence-electron chi connectivity index (χ1n) is 0.908. The highest BCUT2D eigenvalue weighted by Gasteiger charge is 1.73. The van der Waals surface area contributed by atoms with Crippen LogP contribution in [0.1, 0.15) is 0 Å². The Morgan fingerprint density at radius 3 is 1.75 bits per heavy atom. The smallest absolute Gasteiger partial charge is 0.262 e. The molecule has 0 bridgehead atoms. The van der Waals surface area contributed by atoms with Crippen molar-refractivity contribution in [2.75, 3.05) is 0 Å². The maximum Gasteiger partial charge on any atom is 0.295 e. The molecule has 0 aliphatic carbocycles. The van der Waals surface area contributed by atoms with Gasteiger partial charge in [-0.15, -0.1) is 0 Å². The molecule has 0 N–H and O–H groups in total. The molecular formula is CH2BO2. The van der Waals surface area contributed by atoms with E-state index in [-0.39, 0.29) is 0 Å². The molecule has 3 heteroatoms. The Kier molecular flexibility index (Phi) is 0.821. The highest BCUT2D eigenvalue weighted by molar-refractivity contribution is 6.54. The number of carbonyl (C=O) groups is 1. The summed E-state index contributed by atoms with van der Waals surface area (Å²) in [7, 11) is 0.972. The van der Waals surface area contributed by atoms with Crippen LogP contribution in [-0.2, 0) is 5.11 Å². The molecule has 0 amide bonds. The first-order chi connectivity index (χ1) is 1.73. The molecule has 4 heavy (non-hydrogen) atoms. The summed E-state index contributed by atoms with van der Waals surface area (Å²) in [5, 5.41) is 8.89. The van der Waals surface area contributed by atoms with Crippen LogP contribution in [0, 0.1) is 0 Å². The lowest BCUT2D eigenvalue weighted by Gasteiger charge is -1.49. The lowest BCUT2D eigenvalue weighted by molar-refractivity contribution is 0.197. The van der Waals surface area contributed by atoms with E-state index in [2.05, 4.69) is 0 Å². The number of hydrogen-bond donors (Lipinski definition) is 0. The molecule has 2 nitrogen and oxygen atoms in total. The molecule has 0 heterocycles. The Balaban J connectivity index is 2.80. The van der Waals surface area contributed by atoms with Gasteiger partial charge in [-0.1, -0.05) is 0 Å².